The third-order valence-electron chi connectivity index (χ3n) is 5.34. The lowest BCUT2D eigenvalue weighted by atomic mass is 10.1. The quantitative estimate of drug-likeness (QED) is 0.0588. The van der Waals surface area contributed by atoms with Crippen LogP contribution in [0.2, 0.25) is 0 Å². The minimum Gasteiger partial charge on any atom is -0.462 e. The summed E-state index contributed by atoms with van der Waals surface area (Å²) in [6.45, 7) is 1.96. The molecule has 0 spiro atoms. The second-order valence-corrected chi connectivity index (χ2v) is 10.5. The minimum atomic E-state index is -4.58. The Labute approximate surface area is 228 Å². The van der Waals surface area contributed by atoms with Gasteiger partial charge in [-0.15, -0.1) is 0 Å². The van der Waals surface area contributed by atoms with Crippen LogP contribution in [0, 0.1) is 0 Å². The fraction of sp³-hybridized carbons (Fsp3) is 0.778. The number of aliphatic hydroxyl groups excluding tert-OH is 2. The third kappa shape index (κ3) is 23.6. The van der Waals surface area contributed by atoms with Crippen LogP contribution in [0.5, 0.6) is 0 Å². The summed E-state index contributed by atoms with van der Waals surface area (Å²) in [5.41, 5.74) is 0. The van der Waals surface area contributed by atoms with Gasteiger partial charge in [-0.3, -0.25) is 18.6 Å². The highest BCUT2D eigenvalue weighted by Gasteiger charge is 2.27. The zero-order valence-corrected chi connectivity index (χ0v) is 24.0. The van der Waals surface area contributed by atoms with E-state index in [1.165, 1.54) is 6.42 Å². The van der Waals surface area contributed by atoms with Crippen LogP contribution in [0.25, 0.3) is 0 Å². The van der Waals surface area contributed by atoms with Gasteiger partial charge in [0.15, 0.2) is 6.10 Å². The van der Waals surface area contributed by atoms with Crippen molar-refractivity contribution in [2.45, 2.75) is 110 Å². The number of allylic oxidation sites excluding steroid dienone is 4. The van der Waals surface area contributed by atoms with Crippen LogP contribution >= 0.6 is 7.82 Å². The molecule has 38 heavy (non-hydrogen) atoms. The number of unbranched alkanes of at least 4 members (excludes halogenated alkanes) is 7. The van der Waals surface area contributed by atoms with Gasteiger partial charge < -0.3 is 24.6 Å². The average Bonchev–Trinajstić information content (AvgIpc) is 2.90. The Bertz CT molecular complexity index is 710. The van der Waals surface area contributed by atoms with Crippen molar-refractivity contribution in [1.29, 1.82) is 0 Å². The van der Waals surface area contributed by atoms with Gasteiger partial charge in [0.2, 0.25) is 0 Å². The van der Waals surface area contributed by atoms with E-state index in [0.717, 1.165) is 51.4 Å². The van der Waals surface area contributed by atoms with Gasteiger partial charge in [-0.05, 0) is 38.5 Å². The SMILES string of the molecule is CCC/C=C\C/C=C\CCCCCCCC(=O)OC(COC(=O)CCCC)COP(=O)(O)OCC(O)CO. The zero-order valence-electron chi connectivity index (χ0n) is 23.1. The molecule has 0 rings (SSSR count). The highest BCUT2D eigenvalue weighted by Crippen LogP contribution is 2.43. The number of esters is 2. The summed E-state index contributed by atoms with van der Waals surface area (Å²) < 4.78 is 31.9. The standard InChI is InChI=1S/C27H49O10P/c1-3-5-7-8-9-10-11-12-13-14-15-16-17-19-27(31)37-25(22-34-26(30)18-6-4-2)23-36-38(32,33)35-21-24(29)20-28/h7-8,10-11,24-25,28-29H,3-6,9,12-23H2,1-2H3,(H,32,33)/b8-7-,11-10-. The molecule has 0 aliphatic rings. The van der Waals surface area contributed by atoms with Gasteiger partial charge in [-0.1, -0.05) is 70.3 Å². The van der Waals surface area contributed by atoms with Crippen molar-refractivity contribution in [3.63, 3.8) is 0 Å². The van der Waals surface area contributed by atoms with Crippen LogP contribution < -0.4 is 0 Å². The maximum Gasteiger partial charge on any atom is 0.472 e. The Kier molecular flexibility index (Phi) is 23.5. The molecule has 0 bridgehead atoms. The molecule has 10 nitrogen and oxygen atoms in total. The molecule has 0 fully saturated rings. The van der Waals surface area contributed by atoms with Crippen LogP contribution in [0.1, 0.15) is 97.3 Å². The first-order chi connectivity index (χ1) is 18.2. The maximum absolute atomic E-state index is 12.3. The number of rotatable bonds is 25. The first-order valence-corrected chi connectivity index (χ1v) is 15.3. The van der Waals surface area contributed by atoms with E-state index in [1.807, 2.05) is 6.92 Å². The molecule has 0 radical (unpaired) electrons. The molecule has 0 aliphatic heterocycles. The molecule has 3 unspecified atom stereocenters. The maximum atomic E-state index is 12.3. The van der Waals surface area contributed by atoms with Gasteiger partial charge in [0.05, 0.1) is 19.8 Å². The number of carbonyl (C=O) groups is 2. The smallest absolute Gasteiger partial charge is 0.462 e. The summed E-state index contributed by atoms with van der Waals surface area (Å²) >= 11 is 0. The predicted molar refractivity (Wildman–Crippen MR) is 145 cm³/mol. The van der Waals surface area contributed by atoms with Gasteiger partial charge in [0, 0.05) is 12.8 Å². The lowest BCUT2D eigenvalue weighted by Crippen LogP contribution is -2.29. The van der Waals surface area contributed by atoms with Crippen LogP contribution in [-0.2, 0) is 32.7 Å². The van der Waals surface area contributed by atoms with Crippen molar-refractivity contribution >= 4 is 19.8 Å². The van der Waals surface area contributed by atoms with E-state index in [0.29, 0.717) is 12.8 Å². The van der Waals surface area contributed by atoms with E-state index in [1.54, 1.807) is 0 Å². The largest absolute Gasteiger partial charge is 0.472 e. The number of ether oxygens (including phenoxy) is 2. The number of phosphoric ester groups is 1. The molecule has 0 heterocycles. The second kappa shape index (κ2) is 24.5. The lowest BCUT2D eigenvalue weighted by molar-refractivity contribution is -0.161. The molecular weight excluding hydrogens is 515 g/mol. The first kappa shape index (κ1) is 36.5. The van der Waals surface area contributed by atoms with Crippen molar-refractivity contribution in [3.05, 3.63) is 24.3 Å². The van der Waals surface area contributed by atoms with E-state index >= 15 is 0 Å². The van der Waals surface area contributed by atoms with Gasteiger partial charge in [-0.25, -0.2) is 4.57 Å². The fourth-order valence-electron chi connectivity index (χ4n) is 3.12. The molecule has 0 aromatic rings. The minimum absolute atomic E-state index is 0.167. The van der Waals surface area contributed by atoms with Crippen molar-refractivity contribution in [3.8, 4) is 0 Å². The summed E-state index contributed by atoms with van der Waals surface area (Å²) in [6, 6.07) is 0. The molecule has 0 aromatic heterocycles. The monoisotopic (exact) mass is 564 g/mol. The van der Waals surface area contributed by atoms with E-state index in [2.05, 4.69) is 35.8 Å². The van der Waals surface area contributed by atoms with E-state index < -0.39 is 51.8 Å². The van der Waals surface area contributed by atoms with Crippen LogP contribution in [-0.4, -0.2) is 65.7 Å². The first-order valence-electron chi connectivity index (χ1n) is 13.8. The molecule has 0 saturated heterocycles. The highest BCUT2D eigenvalue weighted by atomic mass is 31.2. The molecule has 3 atom stereocenters. The lowest BCUT2D eigenvalue weighted by Gasteiger charge is -2.20. The Balaban J connectivity index is 4.36. The zero-order chi connectivity index (χ0) is 28.5. The Morgan fingerprint density at radius 1 is 0.789 bits per heavy atom. The predicted octanol–water partition coefficient (Wildman–Crippen LogP) is 5.15. The Morgan fingerprint density at radius 2 is 1.42 bits per heavy atom. The Morgan fingerprint density at radius 3 is 2.11 bits per heavy atom. The molecule has 11 heteroatoms. The van der Waals surface area contributed by atoms with E-state index in [9.17, 15) is 24.2 Å². The van der Waals surface area contributed by atoms with Crippen LogP contribution in [0.4, 0.5) is 0 Å². The van der Waals surface area contributed by atoms with Gasteiger partial charge >= 0.3 is 19.8 Å². The number of hydrogen-bond acceptors (Lipinski definition) is 9. The van der Waals surface area contributed by atoms with Crippen LogP contribution in [0.3, 0.4) is 0 Å². The van der Waals surface area contributed by atoms with Crippen molar-refractivity contribution in [2.24, 2.45) is 0 Å². The molecule has 222 valence electrons. The van der Waals surface area contributed by atoms with Gasteiger partial charge in [0.25, 0.3) is 0 Å². The van der Waals surface area contributed by atoms with Crippen molar-refractivity contribution in [1.82, 2.24) is 0 Å². The molecular formula is C27H49O10P. The van der Waals surface area contributed by atoms with Gasteiger partial charge in [0.1, 0.15) is 12.7 Å². The molecule has 0 amide bonds. The summed E-state index contributed by atoms with van der Waals surface area (Å²) in [4.78, 5) is 33.8. The third-order valence-corrected chi connectivity index (χ3v) is 6.29. The molecule has 0 aliphatic carbocycles. The topological polar surface area (TPSA) is 149 Å². The summed E-state index contributed by atoms with van der Waals surface area (Å²) in [5.74, 6) is -0.989. The fourth-order valence-corrected chi connectivity index (χ4v) is 3.91. The number of hydrogen-bond donors (Lipinski definition) is 3. The van der Waals surface area contributed by atoms with Crippen LogP contribution in [0.15, 0.2) is 24.3 Å². The van der Waals surface area contributed by atoms with Crippen molar-refractivity contribution < 1.29 is 47.8 Å². The number of aliphatic hydroxyl groups is 2. The summed E-state index contributed by atoms with van der Waals surface area (Å²) in [6.07, 6.45) is 17.2. The molecule has 0 aromatic carbocycles. The molecule has 0 saturated carbocycles. The second-order valence-electron chi connectivity index (χ2n) is 9.07. The normalized spacial score (nSPS) is 15.0. The Hall–Kier alpha value is -1.55. The number of phosphoric acid groups is 1. The van der Waals surface area contributed by atoms with E-state index in [4.69, 9.17) is 19.1 Å². The van der Waals surface area contributed by atoms with E-state index in [-0.39, 0.29) is 19.4 Å². The number of carbonyl (C=O) groups excluding carboxylic acids is 2. The average molecular weight is 565 g/mol. The summed E-state index contributed by atoms with van der Waals surface area (Å²) in [7, 11) is -4.58. The van der Waals surface area contributed by atoms with Crippen molar-refractivity contribution in [2.75, 3.05) is 26.4 Å². The molecule has 3 N–H and O–H groups in total. The highest BCUT2D eigenvalue weighted by molar-refractivity contribution is 7.47. The summed E-state index contributed by atoms with van der Waals surface area (Å²) in [5, 5.41) is 18.0. The van der Waals surface area contributed by atoms with Gasteiger partial charge in [-0.2, -0.15) is 0 Å².